The van der Waals surface area contributed by atoms with Gasteiger partial charge in [0.05, 0.1) is 26.4 Å². The zero-order valence-electron chi connectivity index (χ0n) is 18.2. The van der Waals surface area contributed by atoms with Crippen LogP contribution in [-0.2, 0) is 9.53 Å². The minimum absolute atomic E-state index is 0.215. The fraction of sp³-hybridized carbons (Fsp3) is 0.261. The van der Waals surface area contributed by atoms with Crippen LogP contribution in [-0.4, -0.2) is 41.6 Å². The van der Waals surface area contributed by atoms with E-state index in [0.29, 0.717) is 45.7 Å². The van der Waals surface area contributed by atoms with E-state index in [2.05, 4.69) is 15.4 Å². The van der Waals surface area contributed by atoms with E-state index in [1.54, 1.807) is 57.0 Å². The van der Waals surface area contributed by atoms with E-state index in [4.69, 9.17) is 14.2 Å². The second-order valence-corrected chi connectivity index (χ2v) is 7.12. The minimum Gasteiger partial charge on any atom is -0.493 e. The number of aromatic nitrogens is 3. The van der Waals surface area contributed by atoms with Crippen molar-refractivity contribution >= 4 is 11.9 Å². The first-order valence-electron chi connectivity index (χ1n) is 10.1. The molecule has 8 nitrogen and oxygen atoms in total. The van der Waals surface area contributed by atoms with E-state index in [-0.39, 0.29) is 6.61 Å². The van der Waals surface area contributed by atoms with Gasteiger partial charge in [-0.25, -0.2) is 13.9 Å². The topological polar surface area (TPSA) is 87.5 Å². The Morgan fingerprint density at radius 2 is 1.94 bits per heavy atom. The van der Waals surface area contributed by atoms with Crippen LogP contribution in [0.1, 0.15) is 25.5 Å². The van der Waals surface area contributed by atoms with E-state index >= 15 is 0 Å². The van der Waals surface area contributed by atoms with Gasteiger partial charge in [-0.2, -0.15) is 4.98 Å². The number of esters is 1. The van der Waals surface area contributed by atoms with Crippen molar-refractivity contribution < 1.29 is 23.4 Å². The Balaban J connectivity index is 1.85. The van der Waals surface area contributed by atoms with E-state index in [9.17, 15) is 9.18 Å². The lowest BCUT2D eigenvalue weighted by molar-refractivity contribution is -0.139. The zero-order valence-corrected chi connectivity index (χ0v) is 18.2. The number of benzene rings is 2. The van der Waals surface area contributed by atoms with Crippen LogP contribution in [0, 0.1) is 5.82 Å². The number of nitrogens with zero attached hydrogens (tertiary/aromatic N) is 3. The summed E-state index contributed by atoms with van der Waals surface area (Å²) in [5, 5.41) is 7.77. The normalized spacial score (nSPS) is 15.1. The molecular formula is C23H23FN4O4. The van der Waals surface area contributed by atoms with Crippen LogP contribution in [0.25, 0.3) is 11.4 Å². The second-order valence-electron chi connectivity index (χ2n) is 7.12. The highest BCUT2D eigenvalue weighted by molar-refractivity contribution is 5.92. The minimum atomic E-state index is -0.706. The maximum Gasteiger partial charge on any atom is 0.338 e. The third kappa shape index (κ3) is 3.77. The van der Waals surface area contributed by atoms with Gasteiger partial charge in [0.15, 0.2) is 17.3 Å². The van der Waals surface area contributed by atoms with Crippen LogP contribution in [0.15, 0.2) is 53.7 Å². The number of hydrogen-bond donors (Lipinski definition) is 1. The molecule has 0 radical (unpaired) electrons. The standard InChI is InChI=1S/C23H23FN4O4/c1-5-32-22(29)19-13(2)25-23-26-21(15-9-10-17(30-3)18(12-15)31-4)27-28(23)20(19)14-7-6-8-16(24)11-14/h6-12,20H,5H2,1-4H3,(H,25,26,27). The molecule has 1 aromatic heterocycles. The number of carbonyl (C=O) groups excluding carboxylic acids is 1. The highest BCUT2D eigenvalue weighted by Crippen LogP contribution is 2.38. The Bertz CT molecular complexity index is 1200. The van der Waals surface area contributed by atoms with Gasteiger partial charge < -0.3 is 19.5 Å². The average molecular weight is 438 g/mol. The fourth-order valence-corrected chi connectivity index (χ4v) is 3.71. The first-order chi connectivity index (χ1) is 15.5. The zero-order chi connectivity index (χ0) is 22.8. The number of nitrogens with one attached hydrogen (secondary N) is 1. The molecule has 0 saturated heterocycles. The molecular weight excluding hydrogens is 415 g/mol. The van der Waals surface area contributed by atoms with Gasteiger partial charge in [-0.15, -0.1) is 5.10 Å². The molecule has 1 unspecified atom stereocenters. The fourth-order valence-electron chi connectivity index (χ4n) is 3.71. The van der Waals surface area contributed by atoms with Crippen LogP contribution >= 0.6 is 0 Å². The lowest BCUT2D eigenvalue weighted by Gasteiger charge is -2.28. The Morgan fingerprint density at radius 3 is 2.62 bits per heavy atom. The largest absolute Gasteiger partial charge is 0.493 e. The molecule has 0 amide bonds. The monoisotopic (exact) mass is 438 g/mol. The van der Waals surface area contributed by atoms with Crippen LogP contribution in [0.2, 0.25) is 0 Å². The number of ether oxygens (including phenoxy) is 3. The molecule has 9 heteroatoms. The molecule has 166 valence electrons. The Kier molecular flexibility index (Phi) is 5.81. The summed E-state index contributed by atoms with van der Waals surface area (Å²) in [7, 11) is 3.11. The van der Waals surface area contributed by atoms with Gasteiger partial charge in [0.1, 0.15) is 11.9 Å². The highest BCUT2D eigenvalue weighted by atomic mass is 19.1. The van der Waals surface area contributed by atoms with Gasteiger partial charge >= 0.3 is 5.97 Å². The molecule has 1 atom stereocenters. The van der Waals surface area contributed by atoms with Crippen LogP contribution in [0.5, 0.6) is 11.5 Å². The van der Waals surface area contributed by atoms with Gasteiger partial charge in [0.2, 0.25) is 5.95 Å². The summed E-state index contributed by atoms with van der Waals surface area (Å²) in [5.74, 6) is 1.04. The number of allylic oxidation sites excluding steroid dienone is 1. The smallest absolute Gasteiger partial charge is 0.338 e. The quantitative estimate of drug-likeness (QED) is 0.583. The third-order valence-corrected chi connectivity index (χ3v) is 5.15. The van der Waals surface area contributed by atoms with E-state index in [0.717, 1.165) is 0 Å². The number of methoxy groups -OCH3 is 2. The maximum absolute atomic E-state index is 14.1. The van der Waals surface area contributed by atoms with Gasteiger partial charge in [-0.3, -0.25) is 0 Å². The van der Waals surface area contributed by atoms with E-state index in [1.807, 2.05) is 6.07 Å². The Labute approximate surface area is 184 Å². The summed E-state index contributed by atoms with van der Waals surface area (Å²) in [4.78, 5) is 17.4. The van der Waals surface area contributed by atoms with Gasteiger partial charge in [-0.05, 0) is 49.7 Å². The summed E-state index contributed by atoms with van der Waals surface area (Å²) < 4.78 is 31.6. The lowest BCUT2D eigenvalue weighted by Crippen LogP contribution is -2.29. The van der Waals surface area contributed by atoms with Gasteiger partial charge in [0, 0.05) is 11.3 Å². The number of fused-ring (bicyclic) bond motifs is 1. The summed E-state index contributed by atoms with van der Waals surface area (Å²) in [6.45, 7) is 3.71. The molecule has 1 aliphatic heterocycles. The summed E-state index contributed by atoms with van der Waals surface area (Å²) >= 11 is 0. The van der Waals surface area contributed by atoms with Crippen LogP contribution < -0.4 is 14.8 Å². The van der Waals surface area contributed by atoms with Crippen molar-refractivity contribution in [2.24, 2.45) is 0 Å². The molecule has 0 aliphatic carbocycles. The number of anilines is 1. The molecule has 1 N–H and O–H groups in total. The molecule has 4 rings (SSSR count). The summed E-state index contributed by atoms with van der Waals surface area (Å²) in [6, 6.07) is 10.7. The summed E-state index contributed by atoms with van der Waals surface area (Å²) in [5.41, 5.74) is 2.16. The highest BCUT2D eigenvalue weighted by Gasteiger charge is 2.35. The molecule has 2 heterocycles. The number of carbonyl (C=O) groups is 1. The first-order valence-corrected chi connectivity index (χ1v) is 10.1. The van der Waals surface area contributed by atoms with Gasteiger partial charge in [-0.1, -0.05) is 12.1 Å². The maximum atomic E-state index is 14.1. The van der Waals surface area contributed by atoms with E-state index < -0.39 is 17.8 Å². The van der Waals surface area contributed by atoms with Crippen molar-refractivity contribution in [1.82, 2.24) is 14.8 Å². The molecule has 0 bridgehead atoms. The molecule has 0 fully saturated rings. The molecule has 32 heavy (non-hydrogen) atoms. The van der Waals surface area contributed by atoms with Gasteiger partial charge in [0.25, 0.3) is 0 Å². The predicted molar refractivity (Wildman–Crippen MR) is 116 cm³/mol. The van der Waals surface area contributed by atoms with Crippen molar-refractivity contribution in [3.05, 3.63) is 65.1 Å². The predicted octanol–water partition coefficient (Wildman–Crippen LogP) is 3.95. The van der Waals surface area contributed by atoms with Crippen LogP contribution in [0.4, 0.5) is 10.3 Å². The van der Waals surface area contributed by atoms with Crippen molar-refractivity contribution in [3.8, 4) is 22.9 Å². The number of rotatable bonds is 6. The molecule has 3 aromatic rings. The van der Waals surface area contributed by atoms with Crippen molar-refractivity contribution in [3.63, 3.8) is 0 Å². The van der Waals surface area contributed by atoms with Crippen molar-refractivity contribution in [1.29, 1.82) is 0 Å². The second kappa shape index (κ2) is 8.70. The molecule has 0 spiro atoms. The third-order valence-electron chi connectivity index (χ3n) is 5.15. The molecule has 2 aromatic carbocycles. The van der Waals surface area contributed by atoms with Crippen molar-refractivity contribution in [2.45, 2.75) is 19.9 Å². The van der Waals surface area contributed by atoms with Crippen molar-refractivity contribution in [2.75, 3.05) is 26.1 Å². The SMILES string of the molecule is CCOC(=O)C1=C(C)Nc2nc(-c3ccc(OC)c(OC)c3)nn2C1c1cccc(F)c1. The first kappa shape index (κ1) is 21.4. The Hall–Kier alpha value is -3.88. The number of hydrogen-bond acceptors (Lipinski definition) is 7. The Morgan fingerprint density at radius 1 is 1.16 bits per heavy atom. The molecule has 1 aliphatic rings. The van der Waals surface area contributed by atoms with Crippen LogP contribution in [0.3, 0.4) is 0 Å². The van der Waals surface area contributed by atoms with E-state index in [1.165, 1.54) is 12.1 Å². The lowest BCUT2D eigenvalue weighted by atomic mass is 9.96. The average Bonchev–Trinajstić information content (AvgIpc) is 3.21. The number of halogens is 1. The summed E-state index contributed by atoms with van der Waals surface area (Å²) in [6.07, 6.45) is 0. The molecule has 0 saturated carbocycles.